The van der Waals surface area contributed by atoms with Crippen LogP contribution in [0, 0.1) is 0 Å². The van der Waals surface area contributed by atoms with Crippen LogP contribution in [0.1, 0.15) is 23.6 Å². The summed E-state index contributed by atoms with van der Waals surface area (Å²) in [5.74, 6) is -2.08. The molecular formula is C29H31ClN2O5. The first-order valence-corrected chi connectivity index (χ1v) is 12.5. The quantitative estimate of drug-likeness (QED) is 0.328. The molecule has 0 aliphatic rings. The van der Waals surface area contributed by atoms with E-state index in [0.29, 0.717) is 17.0 Å². The lowest BCUT2D eigenvalue weighted by Gasteiger charge is -2.30. The molecule has 1 amide bonds. The van der Waals surface area contributed by atoms with Crippen molar-refractivity contribution in [2.45, 2.75) is 38.4 Å². The van der Waals surface area contributed by atoms with Crippen LogP contribution in [0.15, 0.2) is 84.9 Å². The third-order valence-corrected chi connectivity index (χ3v) is 6.16. The highest BCUT2D eigenvalue weighted by Crippen LogP contribution is 2.19. The van der Waals surface area contributed by atoms with Gasteiger partial charge in [-0.15, -0.1) is 0 Å². The van der Waals surface area contributed by atoms with Gasteiger partial charge < -0.3 is 14.7 Å². The molecule has 7 nitrogen and oxygen atoms in total. The van der Waals surface area contributed by atoms with Gasteiger partial charge in [-0.25, -0.2) is 0 Å². The molecule has 2 N–H and O–H groups in total. The lowest BCUT2D eigenvalue weighted by molar-refractivity contribution is -0.148. The predicted octanol–water partition coefficient (Wildman–Crippen LogP) is 4.13. The molecule has 3 rings (SSSR count). The molecule has 0 unspecified atom stereocenters. The lowest BCUT2D eigenvalue weighted by atomic mass is 10.0. The number of amides is 1. The monoisotopic (exact) mass is 522 g/mol. The standard InChI is InChI=1S/C29H31ClN2O5/c1-2-37-29(36)26(18-22-13-7-4-8-14-22)31-25(17-21-11-5-3-6-12-21)28(35)32(20-27(33)34)19-23-15-9-10-16-24(23)30/h3-16,25-26,31H,2,17-20H2,1H3,(H,33,34)/t25-,26-/m0/s1. The number of benzene rings is 3. The molecule has 0 aliphatic heterocycles. The average molecular weight is 523 g/mol. The minimum atomic E-state index is -1.15. The first kappa shape index (κ1) is 27.9. The van der Waals surface area contributed by atoms with Crippen molar-refractivity contribution in [3.05, 3.63) is 107 Å². The summed E-state index contributed by atoms with van der Waals surface area (Å²) < 4.78 is 5.31. The van der Waals surface area contributed by atoms with Crippen LogP contribution >= 0.6 is 11.6 Å². The van der Waals surface area contributed by atoms with E-state index in [0.717, 1.165) is 11.1 Å². The van der Waals surface area contributed by atoms with Crippen LogP contribution in [0.4, 0.5) is 0 Å². The minimum Gasteiger partial charge on any atom is -0.480 e. The Bertz CT molecular complexity index is 1170. The molecule has 0 aliphatic carbocycles. The van der Waals surface area contributed by atoms with Gasteiger partial charge in [0.2, 0.25) is 5.91 Å². The number of ether oxygens (including phenoxy) is 1. The van der Waals surface area contributed by atoms with E-state index in [1.807, 2.05) is 60.7 Å². The van der Waals surface area contributed by atoms with E-state index in [-0.39, 0.29) is 19.6 Å². The summed E-state index contributed by atoms with van der Waals surface area (Å²) in [6.07, 6.45) is 0.560. The number of halogens is 1. The zero-order chi connectivity index (χ0) is 26.6. The number of nitrogens with one attached hydrogen (secondary N) is 1. The van der Waals surface area contributed by atoms with Gasteiger partial charge in [-0.3, -0.25) is 19.7 Å². The number of esters is 1. The summed E-state index contributed by atoms with van der Waals surface area (Å²) >= 11 is 6.31. The molecule has 0 spiro atoms. The molecule has 0 fully saturated rings. The van der Waals surface area contributed by atoms with E-state index in [9.17, 15) is 19.5 Å². The maximum absolute atomic E-state index is 13.9. The predicted molar refractivity (Wildman–Crippen MR) is 142 cm³/mol. The Hall–Kier alpha value is -3.68. The molecule has 37 heavy (non-hydrogen) atoms. The van der Waals surface area contributed by atoms with E-state index in [2.05, 4.69) is 5.32 Å². The molecule has 0 saturated carbocycles. The van der Waals surface area contributed by atoms with Crippen molar-refractivity contribution in [2.24, 2.45) is 0 Å². The van der Waals surface area contributed by atoms with Crippen molar-refractivity contribution in [1.82, 2.24) is 10.2 Å². The Kier molecular flexibility index (Phi) is 10.7. The van der Waals surface area contributed by atoms with Crippen molar-refractivity contribution >= 4 is 29.4 Å². The molecule has 0 aromatic heterocycles. The molecule has 0 bridgehead atoms. The number of carbonyl (C=O) groups is 3. The molecule has 8 heteroatoms. The van der Waals surface area contributed by atoms with Crippen LogP contribution in [-0.4, -0.2) is 53.1 Å². The molecule has 3 aromatic rings. The first-order chi connectivity index (χ1) is 17.9. The topological polar surface area (TPSA) is 95.9 Å². The molecule has 194 valence electrons. The van der Waals surface area contributed by atoms with Crippen molar-refractivity contribution in [1.29, 1.82) is 0 Å². The van der Waals surface area contributed by atoms with E-state index >= 15 is 0 Å². The van der Waals surface area contributed by atoms with Gasteiger partial charge in [-0.2, -0.15) is 0 Å². The fourth-order valence-corrected chi connectivity index (χ4v) is 4.24. The normalized spacial score (nSPS) is 12.4. The van der Waals surface area contributed by atoms with Gasteiger partial charge in [0.1, 0.15) is 12.6 Å². The van der Waals surface area contributed by atoms with Crippen LogP contribution in [0.5, 0.6) is 0 Å². The van der Waals surface area contributed by atoms with Gasteiger partial charge in [0.15, 0.2) is 0 Å². The summed E-state index contributed by atoms with van der Waals surface area (Å²) in [5.41, 5.74) is 2.39. The summed E-state index contributed by atoms with van der Waals surface area (Å²) in [6, 6.07) is 24.1. The van der Waals surface area contributed by atoms with Crippen molar-refractivity contribution in [3.8, 4) is 0 Å². The highest BCUT2D eigenvalue weighted by atomic mass is 35.5. The number of carbonyl (C=O) groups excluding carboxylic acids is 2. The Morgan fingerprint density at radius 1 is 0.865 bits per heavy atom. The van der Waals surface area contributed by atoms with E-state index in [4.69, 9.17) is 16.3 Å². The fraction of sp³-hybridized carbons (Fsp3) is 0.276. The van der Waals surface area contributed by atoms with Gasteiger partial charge in [-0.1, -0.05) is 90.5 Å². The number of nitrogens with zero attached hydrogens (tertiary/aromatic N) is 1. The van der Waals surface area contributed by atoms with Crippen LogP contribution in [0.3, 0.4) is 0 Å². The lowest BCUT2D eigenvalue weighted by Crippen LogP contribution is -2.54. The Morgan fingerprint density at radius 3 is 1.95 bits per heavy atom. The average Bonchev–Trinajstić information content (AvgIpc) is 2.89. The highest BCUT2D eigenvalue weighted by Gasteiger charge is 2.31. The minimum absolute atomic E-state index is 0.0144. The summed E-state index contributed by atoms with van der Waals surface area (Å²) in [6.45, 7) is 1.42. The summed E-state index contributed by atoms with van der Waals surface area (Å²) in [4.78, 5) is 39.7. The second-order valence-electron chi connectivity index (χ2n) is 8.58. The van der Waals surface area contributed by atoms with E-state index < -0.39 is 36.5 Å². The van der Waals surface area contributed by atoms with Crippen LogP contribution < -0.4 is 5.32 Å². The third-order valence-electron chi connectivity index (χ3n) is 5.79. The SMILES string of the molecule is CCOC(=O)[C@H](Cc1ccccc1)N[C@@H](Cc1ccccc1)C(=O)N(CC(=O)O)Cc1ccccc1Cl. The van der Waals surface area contributed by atoms with Crippen molar-refractivity contribution in [3.63, 3.8) is 0 Å². The first-order valence-electron chi connectivity index (χ1n) is 12.1. The van der Waals surface area contributed by atoms with E-state index in [1.54, 1.807) is 31.2 Å². The van der Waals surface area contributed by atoms with Gasteiger partial charge >= 0.3 is 11.9 Å². The fourth-order valence-electron chi connectivity index (χ4n) is 4.04. The van der Waals surface area contributed by atoms with Crippen molar-refractivity contribution < 1.29 is 24.2 Å². The third kappa shape index (κ3) is 8.74. The number of hydrogen-bond acceptors (Lipinski definition) is 5. The van der Waals surface area contributed by atoms with Crippen LogP contribution in [0.2, 0.25) is 5.02 Å². The summed E-state index contributed by atoms with van der Waals surface area (Å²) in [5, 5.41) is 13.2. The van der Waals surface area contributed by atoms with Crippen LogP contribution in [0.25, 0.3) is 0 Å². The number of rotatable bonds is 13. The maximum atomic E-state index is 13.9. The number of hydrogen-bond donors (Lipinski definition) is 2. The number of carboxylic acid groups (broad SMARTS) is 1. The molecule has 0 saturated heterocycles. The molecular weight excluding hydrogens is 492 g/mol. The largest absolute Gasteiger partial charge is 0.480 e. The second-order valence-corrected chi connectivity index (χ2v) is 8.99. The second kappa shape index (κ2) is 14.2. The van der Waals surface area contributed by atoms with Gasteiger partial charge in [0.05, 0.1) is 12.6 Å². The molecule has 0 heterocycles. The summed E-state index contributed by atoms with van der Waals surface area (Å²) in [7, 11) is 0. The highest BCUT2D eigenvalue weighted by molar-refractivity contribution is 6.31. The molecule has 0 radical (unpaired) electrons. The molecule has 2 atom stereocenters. The number of aliphatic carboxylic acids is 1. The zero-order valence-corrected chi connectivity index (χ0v) is 21.4. The zero-order valence-electron chi connectivity index (χ0n) is 20.7. The smallest absolute Gasteiger partial charge is 0.323 e. The van der Waals surface area contributed by atoms with Gasteiger partial charge in [0.25, 0.3) is 0 Å². The van der Waals surface area contributed by atoms with Gasteiger partial charge in [-0.05, 0) is 42.5 Å². The van der Waals surface area contributed by atoms with Crippen LogP contribution in [-0.2, 0) is 38.5 Å². The Morgan fingerprint density at radius 2 is 1.41 bits per heavy atom. The molecule has 3 aromatic carbocycles. The Labute approximate surface area is 222 Å². The maximum Gasteiger partial charge on any atom is 0.323 e. The van der Waals surface area contributed by atoms with Gasteiger partial charge in [0, 0.05) is 11.6 Å². The Balaban J connectivity index is 1.93. The number of carboxylic acids is 1. The van der Waals surface area contributed by atoms with Crippen molar-refractivity contribution in [2.75, 3.05) is 13.2 Å². The van der Waals surface area contributed by atoms with E-state index in [1.165, 1.54) is 4.90 Å².